The third-order valence-corrected chi connectivity index (χ3v) is 11.7. The van der Waals surface area contributed by atoms with Crippen molar-refractivity contribution in [1.29, 1.82) is 0 Å². The maximum atomic E-state index is 6.10. The lowest BCUT2D eigenvalue weighted by molar-refractivity contribution is 0.669. The Balaban J connectivity index is 0.951. The quantitative estimate of drug-likeness (QED) is 0.153. The van der Waals surface area contributed by atoms with Crippen LogP contribution in [0.1, 0.15) is 0 Å². The van der Waals surface area contributed by atoms with Crippen LogP contribution in [0, 0.1) is 0 Å². The third-order valence-electron chi connectivity index (χ3n) is 11.7. The molecule has 0 spiro atoms. The number of furan rings is 1. The molecule has 0 fully saturated rings. The zero-order valence-corrected chi connectivity index (χ0v) is 32.9. The minimum atomic E-state index is 0.910. The number of hydrogen-bond acceptors (Lipinski definition) is 2. The lowest BCUT2D eigenvalue weighted by atomic mass is 9.97. The van der Waals surface area contributed by atoms with Crippen molar-refractivity contribution in [2.45, 2.75) is 0 Å². The van der Waals surface area contributed by atoms with Gasteiger partial charge in [-0.15, -0.1) is 0 Å². The van der Waals surface area contributed by atoms with E-state index in [0.717, 1.165) is 50.1 Å². The topological polar surface area (TPSA) is 16.4 Å². The fraction of sp³-hybridized carbons (Fsp3) is 0. The van der Waals surface area contributed by atoms with Crippen molar-refractivity contribution in [2.75, 3.05) is 4.90 Å². The lowest BCUT2D eigenvalue weighted by Crippen LogP contribution is -2.10. The average molecular weight is 766 g/mol. The Labute approximate surface area is 349 Å². The molecule has 0 amide bonds. The van der Waals surface area contributed by atoms with Gasteiger partial charge >= 0.3 is 0 Å². The van der Waals surface area contributed by atoms with Gasteiger partial charge in [0.25, 0.3) is 0 Å². The minimum Gasteiger partial charge on any atom is -0.456 e. The summed E-state index contributed by atoms with van der Waals surface area (Å²) in [6.07, 6.45) is 0. The van der Waals surface area contributed by atoms with Gasteiger partial charge in [-0.3, -0.25) is 0 Å². The van der Waals surface area contributed by atoms with E-state index < -0.39 is 0 Å². The highest BCUT2D eigenvalue weighted by Gasteiger charge is 2.16. The summed E-state index contributed by atoms with van der Waals surface area (Å²) in [7, 11) is 0. The molecule has 2 nitrogen and oxygen atoms in total. The zero-order valence-electron chi connectivity index (χ0n) is 32.9. The first-order chi connectivity index (χ1) is 29.7. The van der Waals surface area contributed by atoms with E-state index in [9.17, 15) is 0 Å². The molecule has 1 aromatic heterocycles. The first-order valence-electron chi connectivity index (χ1n) is 20.5. The van der Waals surface area contributed by atoms with E-state index >= 15 is 0 Å². The molecule has 0 saturated carbocycles. The van der Waals surface area contributed by atoms with Crippen LogP contribution in [0.15, 0.2) is 241 Å². The highest BCUT2D eigenvalue weighted by atomic mass is 16.3. The van der Waals surface area contributed by atoms with E-state index in [-0.39, 0.29) is 0 Å². The summed E-state index contributed by atoms with van der Waals surface area (Å²) in [5.41, 5.74) is 17.0. The number of nitrogens with zero attached hydrogens (tertiary/aromatic N) is 1. The van der Waals surface area contributed by atoms with Gasteiger partial charge in [-0.2, -0.15) is 0 Å². The van der Waals surface area contributed by atoms with Crippen molar-refractivity contribution in [1.82, 2.24) is 0 Å². The summed E-state index contributed by atoms with van der Waals surface area (Å²) in [5, 5.41) is 4.78. The minimum absolute atomic E-state index is 0.910. The Morgan fingerprint density at radius 2 is 0.717 bits per heavy atom. The molecule has 0 aliphatic heterocycles. The number of anilines is 3. The van der Waals surface area contributed by atoms with E-state index in [4.69, 9.17) is 4.42 Å². The monoisotopic (exact) mass is 765 g/mol. The second-order valence-electron chi connectivity index (χ2n) is 15.3. The second-order valence-corrected chi connectivity index (χ2v) is 15.3. The van der Waals surface area contributed by atoms with Crippen molar-refractivity contribution in [3.63, 3.8) is 0 Å². The summed E-state index contributed by atoms with van der Waals surface area (Å²) >= 11 is 0. The van der Waals surface area contributed by atoms with E-state index in [1.165, 1.54) is 55.3 Å². The van der Waals surface area contributed by atoms with Crippen LogP contribution >= 0.6 is 0 Å². The Hall–Kier alpha value is -7.94. The van der Waals surface area contributed by atoms with E-state index in [1.807, 2.05) is 12.1 Å². The van der Waals surface area contributed by atoms with Gasteiger partial charge in [0.1, 0.15) is 11.2 Å². The molecule has 0 atom stereocenters. The Morgan fingerprint density at radius 1 is 0.250 bits per heavy atom. The second kappa shape index (κ2) is 15.1. The van der Waals surface area contributed by atoms with Gasteiger partial charge in [-0.05, 0) is 127 Å². The molecule has 0 N–H and O–H groups in total. The molecule has 10 aromatic carbocycles. The molecule has 0 radical (unpaired) electrons. The van der Waals surface area contributed by atoms with Gasteiger partial charge < -0.3 is 9.32 Å². The van der Waals surface area contributed by atoms with Crippen molar-refractivity contribution < 1.29 is 4.42 Å². The van der Waals surface area contributed by atoms with Gasteiger partial charge in [0.05, 0.1) is 0 Å². The van der Waals surface area contributed by atoms with Crippen LogP contribution < -0.4 is 4.90 Å². The normalized spacial score (nSPS) is 11.3. The van der Waals surface area contributed by atoms with E-state index in [0.29, 0.717) is 0 Å². The van der Waals surface area contributed by atoms with Gasteiger partial charge in [0, 0.05) is 27.8 Å². The summed E-state index contributed by atoms with van der Waals surface area (Å²) in [6.45, 7) is 0. The van der Waals surface area contributed by atoms with Crippen LogP contribution in [0.5, 0.6) is 0 Å². The van der Waals surface area contributed by atoms with E-state index in [1.54, 1.807) is 0 Å². The Bertz CT molecular complexity index is 3280. The fourth-order valence-corrected chi connectivity index (χ4v) is 8.61. The number of hydrogen-bond donors (Lipinski definition) is 0. The van der Waals surface area contributed by atoms with Crippen LogP contribution in [0.4, 0.5) is 17.1 Å². The third kappa shape index (κ3) is 6.61. The van der Waals surface area contributed by atoms with Gasteiger partial charge in [0.15, 0.2) is 0 Å². The molecular weight excluding hydrogens is 727 g/mol. The number of para-hydroxylation sites is 1. The summed E-state index contributed by atoms with van der Waals surface area (Å²) in [6, 6.07) is 85.0. The molecule has 0 bridgehead atoms. The molecule has 282 valence electrons. The molecule has 60 heavy (non-hydrogen) atoms. The molecule has 0 aliphatic rings. The van der Waals surface area contributed by atoms with Crippen molar-refractivity contribution >= 4 is 49.8 Å². The predicted molar refractivity (Wildman–Crippen MR) is 253 cm³/mol. The number of rotatable bonds is 8. The van der Waals surface area contributed by atoms with Gasteiger partial charge in [0.2, 0.25) is 0 Å². The average Bonchev–Trinajstić information content (AvgIpc) is 3.70. The van der Waals surface area contributed by atoms with Crippen LogP contribution in [-0.4, -0.2) is 0 Å². The van der Waals surface area contributed by atoms with Crippen molar-refractivity contribution in [3.8, 4) is 55.6 Å². The van der Waals surface area contributed by atoms with Gasteiger partial charge in [-0.1, -0.05) is 176 Å². The van der Waals surface area contributed by atoms with Gasteiger partial charge in [-0.25, -0.2) is 0 Å². The highest BCUT2D eigenvalue weighted by Crippen LogP contribution is 2.40. The van der Waals surface area contributed by atoms with Crippen LogP contribution in [0.3, 0.4) is 0 Å². The molecule has 11 aromatic rings. The Kier molecular flexibility index (Phi) is 8.87. The summed E-state index contributed by atoms with van der Waals surface area (Å²) in [5.74, 6) is 0. The summed E-state index contributed by atoms with van der Waals surface area (Å²) in [4.78, 5) is 2.36. The summed E-state index contributed by atoms with van der Waals surface area (Å²) < 4.78 is 6.10. The van der Waals surface area contributed by atoms with E-state index in [2.05, 4.69) is 229 Å². The SMILES string of the molecule is c1ccc(-c2cccc(-c3ccc(N(c4ccc(-c5cccc6ccccc56)cc4)c4cccc(-c5ccc(-c6ccc7oc8ccccc8c7c6)cc5)c4)cc3)c2)cc1. The van der Waals surface area contributed by atoms with Crippen molar-refractivity contribution in [3.05, 3.63) is 237 Å². The Morgan fingerprint density at radius 3 is 1.43 bits per heavy atom. The number of benzene rings is 10. The maximum Gasteiger partial charge on any atom is 0.135 e. The smallest absolute Gasteiger partial charge is 0.135 e. The molecule has 11 rings (SSSR count). The largest absolute Gasteiger partial charge is 0.456 e. The standard InChI is InChI=1S/C58H39NO/c1-2-11-40(12-3-1)46-15-8-16-47(37-46)43-27-32-50(33-28-43)59(51-34-29-45(30-35-51)54-21-10-14-44-13-4-5-19-53(44)54)52-18-9-17-48(38-52)41-23-25-42(26-24-41)49-31-36-58-56(39-49)55-20-6-7-22-57(55)60-58/h1-39H. The molecule has 0 saturated heterocycles. The van der Waals surface area contributed by atoms with Crippen LogP contribution in [0.2, 0.25) is 0 Å². The molecule has 0 aliphatic carbocycles. The highest BCUT2D eigenvalue weighted by molar-refractivity contribution is 6.06. The molecule has 1 heterocycles. The predicted octanol–water partition coefficient (Wildman–Crippen LogP) is 16.5. The number of fused-ring (bicyclic) bond motifs is 4. The zero-order chi connectivity index (χ0) is 39.8. The van der Waals surface area contributed by atoms with Crippen LogP contribution in [0.25, 0.3) is 88.3 Å². The molecular formula is C58H39NO. The van der Waals surface area contributed by atoms with Crippen LogP contribution in [-0.2, 0) is 0 Å². The first kappa shape index (κ1) is 35.2. The lowest BCUT2D eigenvalue weighted by Gasteiger charge is -2.26. The first-order valence-corrected chi connectivity index (χ1v) is 20.5. The fourth-order valence-electron chi connectivity index (χ4n) is 8.61. The molecule has 0 unspecified atom stereocenters. The maximum absolute atomic E-state index is 6.10. The molecule has 2 heteroatoms. The van der Waals surface area contributed by atoms with Crippen molar-refractivity contribution in [2.24, 2.45) is 0 Å².